The van der Waals surface area contributed by atoms with E-state index in [0.717, 1.165) is 18.5 Å². The summed E-state index contributed by atoms with van der Waals surface area (Å²) >= 11 is 0. The van der Waals surface area contributed by atoms with Gasteiger partial charge in [0.1, 0.15) is 0 Å². The van der Waals surface area contributed by atoms with Crippen molar-refractivity contribution in [1.82, 2.24) is 10.2 Å². The smallest absolute Gasteiger partial charge is 0.00966 e. The highest BCUT2D eigenvalue weighted by Gasteiger charge is 2.23. The van der Waals surface area contributed by atoms with Crippen LogP contribution < -0.4 is 5.32 Å². The first-order valence-corrected chi connectivity index (χ1v) is 6.34. The van der Waals surface area contributed by atoms with Crippen molar-refractivity contribution in [3.8, 4) is 0 Å². The van der Waals surface area contributed by atoms with Gasteiger partial charge in [0.2, 0.25) is 0 Å². The maximum Gasteiger partial charge on any atom is 0.00966 e. The Morgan fingerprint density at radius 1 is 1.33 bits per heavy atom. The van der Waals surface area contributed by atoms with Gasteiger partial charge in [0.25, 0.3) is 0 Å². The molecular weight excluding hydrogens is 184 g/mol. The summed E-state index contributed by atoms with van der Waals surface area (Å²) in [6, 6.07) is 0.877. The molecule has 0 aromatic carbocycles. The van der Waals surface area contributed by atoms with E-state index in [4.69, 9.17) is 0 Å². The third-order valence-corrected chi connectivity index (χ3v) is 3.28. The molecule has 0 radical (unpaired) electrons. The molecule has 0 heterocycles. The summed E-state index contributed by atoms with van der Waals surface area (Å²) < 4.78 is 0. The largest absolute Gasteiger partial charge is 0.312 e. The average Bonchev–Trinajstić information content (AvgIpc) is 1.95. The van der Waals surface area contributed by atoms with Crippen molar-refractivity contribution in [3.63, 3.8) is 0 Å². The molecule has 0 saturated heterocycles. The molecule has 0 aliphatic heterocycles. The lowest BCUT2D eigenvalue weighted by Gasteiger charge is -2.36. The van der Waals surface area contributed by atoms with Crippen LogP contribution in [0.4, 0.5) is 0 Å². The van der Waals surface area contributed by atoms with Crippen molar-refractivity contribution in [2.75, 3.05) is 20.1 Å². The van der Waals surface area contributed by atoms with Crippen LogP contribution in [0.1, 0.15) is 47.0 Å². The Kier molecular flexibility index (Phi) is 4.60. The van der Waals surface area contributed by atoms with Gasteiger partial charge in [0.15, 0.2) is 0 Å². The number of rotatable bonds is 5. The number of nitrogens with one attached hydrogen (secondary N) is 1. The first-order chi connectivity index (χ1) is 6.88. The van der Waals surface area contributed by atoms with E-state index >= 15 is 0 Å². The number of hydrogen-bond donors (Lipinski definition) is 1. The summed E-state index contributed by atoms with van der Waals surface area (Å²) in [6.45, 7) is 11.4. The molecule has 0 bridgehead atoms. The Morgan fingerprint density at radius 3 is 2.33 bits per heavy atom. The fourth-order valence-electron chi connectivity index (χ4n) is 2.01. The van der Waals surface area contributed by atoms with Crippen LogP contribution in [0, 0.1) is 5.92 Å². The van der Waals surface area contributed by atoms with E-state index < -0.39 is 0 Å². The van der Waals surface area contributed by atoms with Gasteiger partial charge in [-0.15, -0.1) is 0 Å². The predicted octanol–water partition coefficient (Wildman–Crippen LogP) is 2.49. The summed E-state index contributed by atoms with van der Waals surface area (Å²) in [5.74, 6) is 0.745. The minimum Gasteiger partial charge on any atom is -0.312 e. The second-order valence-electron chi connectivity index (χ2n) is 6.26. The van der Waals surface area contributed by atoms with Gasteiger partial charge in [0, 0.05) is 18.1 Å². The monoisotopic (exact) mass is 212 g/mol. The summed E-state index contributed by atoms with van der Waals surface area (Å²) in [5.41, 5.74) is 0.253. The van der Waals surface area contributed by atoms with E-state index in [0.29, 0.717) is 0 Å². The fourth-order valence-corrected chi connectivity index (χ4v) is 2.01. The zero-order valence-electron chi connectivity index (χ0n) is 11.1. The molecule has 2 heteroatoms. The summed E-state index contributed by atoms with van der Waals surface area (Å²) in [7, 11) is 2.28. The third-order valence-electron chi connectivity index (χ3n) is 3.28. The van der Waals surface area contributed by atoms with Crippen LogP contribution >= 0.6 is 0 Å². The van der Waals surface area contributed by atoms with E-state index in [2.05, 4.69) is 45.0 Å². The molecule has 0 aromatic rings. The fraction of sp³-hybridized carbons (Fsp3) is 1.00. The highest BCUT2D eigenvalue weighted by molar-refractivity contribution is 4.80. The molecule has 0 amide bonds. The summed E-state index contributed by atoms with van der Waals surface area (Å²) in [5, 5.41) is 3.58. The van der Waals surface area contributed by atoms with E-state index in [1.165, 1.54) is 25.8 Å². The Hall–Kier alpha value is -0.0800. The van der Waals surface area contributed by atoms with Crippen LogP contribution in [-0.2, 0) is 0 Å². The van der Waals surface area contributed by atoms with Gasteiger partial charge >= 0.3 is 0 Å². The maximum atomic E-state index is 3.58. The van der Waals surface area contributed by atoms with Gasteiger partial charge in [-0.1, -0.05) is 13.3 Å². The molecule has 1 fully saturated rings. The van der Waals surface area contributed by atoms with Gasteiger partial charge in [-0.2, -0.15) is 0 Å². The molecule has 1 saturated carbocycles. The van der Waals surface area contributed by atoms with Crippen LogP contribution in [0.2, 0.25) is 0 Å². The van der Waals surface area contributed by atoms with Gasteiger partial charge in [-0.25, -0.2) is 0 Å². The van der Waals surface area contributed by atoms with Gasteiger partial charge in [0.05, 0.1) is 0 Å². The van der Waals surface area contributed by atoms with Crippen LogP contribution in [-0.4, -0.2) is 36.6 Å². The van der Waals surface area contributed by atoms with Crippen molar-refractivity contribution in [1.29, 1.82) is 0 Å². The number of nitrogens with zero attached hydrogens (tertiary/aromatic N) is 1. The van der Waals surface area contributed by atoms with Crippen molar-refractivity contribution < 1.29 is 0 Å². The molecule has 0 spiro atoms. The SMILES string of the molecule is CC(CNC(C)(C)C)CN(C)C1CCC1. The normalized spacial score (nSPS) is 20.4. The molecule has 2 nitrogen and oxygen atoms in total. The van der Waals surface area contributed by atoms with Gasteiger partial charge in [-0.05, 0) is 53.1 Å². The molecule has 90 valence electrons. The molecule has 1 atom stereocenters. The van der Waals surface area contributed by atoms with E-state index in [1.807, 2.05) is 0 Å². The van der Waals surface area contributed by atoms with Crippen molar-refractivity contribution in [3.05, 3.63) is 0 Å². The Bertz CT molecular complexity index is 179. The highest BCUT2D eigenvalue weighted by Crippen LogP contribution is 2.23. The lowest BCUT2D eigenvalue weighted by molar-refractivity contribution is 0.139. The molecule has 1 unspecified atom stereocenters. The second kappa shape index (κ2) is 5.31. The lowest BCUT2D eigenvalue weighted by atomic mass is 9.91. The zero-order valence-corrected chi connectivity index (χ0v) is 11.1. The maximum absolute atomic E-state index is 3.58. The van der Waals surface area contributed by atoms with Crippen LogP contribution in [0.15, 0.2) is 0 Å². The summed E-state index contributed by atoms with van der Waals surface area (Å²) in [4.78, 5) is 2.54. The molecule has 1 aliphatic carbocycles. The first-order valence-electron chi connectivity index (χ1n) is 6.34. The number of hydrogen-bond acceptors (Lipinski definition) is 2. The average molecular weight is 212 g/mol. The Balaban J connectivity index is 2.14. The van der Waals surface area contributed by atoms with Crippen molar-refractivity contribution >= 4 is 0 Å². The van der Waals surface area contributed by atoms with Gasteiger partial charge < -0.3 is 10.2 Å². The predicted molar refractivity (Wildman–Crippen MR) is 67.2 cm³/mol. The molecule has 0 aromatic heterocycles. The van der Waals surface area contributed by atoms with Crippen LogP contribution in [0.5, 0.6) is 0 Å². The molecule has 15 heavy (non-hydrogen) atoms. The van der Waals surface area contributed by atoms with E-state index in [-0.39, 0.29) is 5.54 Å². The first kappa shape index (κ1) is 13.0. The van der Waals surface area contributed by atoms with E-state index in [1.54, 1.807) is 0 Å². The minimum absolute atomic E-state index is 0.253. The topological polar surface area (TPSA) is 15.3 Å². The standard InChI is InChI=1S/C13H28N2/c1-11(9-14-13(2,3)4)10-15(5)12-7-6-8-12/h11-12,14H,6-10H2,1-5H3. The second-order valence-corrected chi connectivity index (χ2v) is 6.26. The third kappa shape index (κ3) is 4.98. The van der Waals surface area contributed by atoms with Crippen molar-refractivity contribution in [2.24, 2.45) is 5.92 Å². The molecule has 1 rings (SSSR count). The van der Waals surface area contributed by atoms with Crippen molar-refractivity contribution in [2.45, 2.75) is 58.5 Å². The molecule has 1 aliphatic rings. The van der Waals surface area contributed by atoms with E-state index in [9.17, 15) is 0 Å². The zero-order chi connectivity index (χ0) is 11.5. The Labute approximate surface area is 95.4 Å². The minimum atomic E-state index is 0.253. The van der Waals surface area contributed by atoms with Gasteiger partial charge in [-0.3, -0.25) is 0 Å². The van der Waals surface area contributed by atoms with Crippen LogP contribution in [0.3, 0.4) is 0 Å². The highest BCUT2D eigenvalue weighted by atomic mass is 15.1. The summed E-state index contributed by atoms with van der Waals surface area (Å²) in [6.07, 6.45) is 4.26. The molecular formula is C13H28N2. The lowest BCUT2D eigenvalue weighted by Crippen LogP contribution is -2.44. The Morgan fingerprint density at radius 2 is 1.93 bits per heavy atom. The quantitative estimate of drug-likeness (QED) is 0.753. The molecule has 1 N–H and O–H groups in total. The van der Waals surface area contributed by atoms with Crippen LogP contribution in [0.25, 0.3) is 0 Å².